The largest absolute Gasteiger partial charge is 0.434 e. The molecule has 120 valence electrons. The maximum atomic E-state index is 11.4. The lowest BCUT2D eigenvalue weighted by molar-refractivity contribution is -0.138. The summed E-state index contributed by atoms with van der Waals surface area (Å²) in [6.45, 7) is 4.06. The topological polar surface area (TPSA) is 26.3 Å². The van der Waals surface area contributed by atoms with Gasteiger partial charge in [-0.3, -0.25) is 4.79 Å². The molecule has 0 N–H and O–H groups in total. The summed E-state index contributed by atoms with van der Waals surface area (Å²) in [5, 5.41) is 0.424. The summed E-state index contributed by atoms with van der Waals surface area (Å²) in [5.41, 5.74) is 2.78. The molecule has 0 unspecified atom stereocenters. The van der Waals surface area contributed by atoms with Crippen LogP contribution in [0.15, 0.2) is 29.2 Å². The number of ether oxygens (including phenoxy) is 1. The quantitative estimate of drug-likeness (QED) is 0.140. The number of hydrogen-bond acceptors (Lipinski definition) is 2. The van der Waals surface area contributed by atoms with E-state index in [1.54, 1.807) is 6.08 Å². The Morgan fingerprint density at radius 3 is 2.19 bits per heavy atom. The van der Waals surface area contributed by atoms with Gasteiger partial charge < -0.3 is 4.74 Å². The summed E-state index contributed by atoms with van der Waals surface area (Å²) >= 11 is 5.77. The molecule has 0 rings (SSSR count). The van der Waals surface area contributed by atoms with E-state index in [-0.39, 0.29) is 5.97 Å². The summed E-state index contributed by atoms with van der Waals surface area (Å²) in [7, 11) is 0. The van der Waals surface area contributed by atoms with Crippen molar-refractivity contribution in [1.29, 1.82) is 0 Å². The van der Waals surface area contributed by atoms with Gasteiger partial charge in [0, 0.05) is 6.42 Å². The fourth-order valence-electron chi connectivity index (χ4n) is 1.99. The third-order valence-electron chi connectivity index (χ3n) is 3.18. The molecule has 0 fully saturated rings. The van der Waals surface area contributed by atoms with Gasteiger partial charge in [0.2, 0.25) is 0 Å². The average Bonchev–Trinajstić information content (AvgIpc) is 2.46. The molecule has 0 aromatic carbocycles. The van der Waals surface area contributed by atoms with Gasteiger partial charge in [-0.2, -0.15) is 0 Å². The summed E-state index contributed by atoms with van der Waals surface area (Å²) in [5.74, 6) is -0.195. The number of hydrogen-bond donors (Lipinski definition) is 0. The number of allylic oxidation sites excluding steroid dienone is 2. The summed E-state index contributed by atoms with van der Waals surface area (Å²) < 4.78 is 4.95. The van der Waals surface area contributed by atoms with Crippen molar-refractivity contribution in [3.05, 3.63) is 29.2 Å². The van der Waals surface area contributed by atoms with E-state index in [1.807, 2.05) is 6.92 Å². The summed E-state index contributed by atoms with van der Waals surface area (Å²) in [6.07, 6.45) is 16.2. The third-order valence-corrected chi connectivity index (χ3v) is 3.42. The van der Waals surface area contributed by atoms with Gasteiger partial charge in [-0.25, -0.2) is 0 Å². The molecule has 0 atom stereocenters. The number of carbonyl (C=O) groups is 1. The molecular weight excluding hydrogens is 284 g/mol. The van der Waals surface area contributed by atoms with Gasteiger partial charge in [-0.05, 0) is 25.5 Å². The molecule has 0 bridgehead atoms. The van der Waals surface area contributed by atoms with Crippen LogP contribution in [-0.2, 0) is 9.53 Å². The maximum Gasteiger partial charge on any atom is 0.310 e. The molecule has 0 amide bonds. The second-order valence-electron chi connectivity index (χ2n) is 5.15. The van der Waals surface area contributed by atoms with Crippen LogP contribution in [0.5, 0.6) is 0 Å². The van der Waals surface area contributed by atoms with Crippen molar-refractivity contribution >= 4 is 17.6 Å². The lowest BCUT2D eigenvalue weighted by atomic mass is 10.1. The van der Waals surface area contributed by atoms with Crippen molar-refractivity contribution in [1.82, 2.24) is 0 Å². The van der Waals surface area contributed by atoms with Crippen LogP contribution in [0.1, 0.15) is 78.1 Å². The van der Waals surface area contributed by atoms with E-state index in [9.17, 15) is 4.79 Å². The van der Waals surface area contributed by atoms with Crippen LogP contribution >= 0.6 is 11.6 Å². The average molecular weight is 313 g/mol. The van der Waals surface area contributed by atoms with Crippen LogP contribution < -0.4 is 0 Å². The fraction of sp³-hybridized carbons (Fsp3) is 0.667. The Hall–Kier alpha value is -0.980. The number of halogens is 1. The Kier molecular flexibility index (Phi) is 14.7. The van der Waals surface area contributed by atoms with Gasteiger partial charge in [0.15, 0.2) is 0 Å². The molecule has 0 heterocycles. The summed E-state index contributed by atoms with van der Waals surface area (Å²) in [4.78, 5) is 11.4. The third kappa shape index (κ3) is 15.2. The Morgan fingerprint density at radius 2 is 1.62 bits per heavy atom. The van der Waals surface area contributed by atoms with E-state index in [0.717, 1.165) is 12.8 Å². The van der Waals surface area contributed by atoms with Crippen molar-refractivity contribution in [3.8, 4) is 0 Å². The molecular formula is C18H29ClO2. The van der Waals surface area contributed by atoms with Gasteiger partial charge in [0.05, 0.1) is 11.3 Å². The van der Waals surface area contributed by atoms with Crippen LogP contribution in [0.2, 0.25) is 0 Å². The minimum absolute atomic E-state index is 0.195. The first-order chi connectivity index (χ1) is 10.2. The van der Waals surface area contributed by atoms with Crippen molar-refractivity contribution in [2.45, 2.75) is 78.1 Å². The molecule has 0 radical (unpaired) electrons. The van der Waals surface area contributed by atoms with Gasteiger partial charge in [0.1, 0.15) is 0 Å². The van der Waals surface area contributed by atoms with Gasteiger partial charge in [-0.15, -0.1) is 5.73 Å². The Balaban J connectivity index is 3.44. The monoisotopic (exact) mass is 312 g/mol. The van der Waals surface area contributed by atoms with Gasteiger partial charge in [0.25, 0.3) is 0 Å². The molecule has 21 heavy (non-hydrogen) atoms. The highest BCUT2D eigenvalue weighted by atomic mass is 35.5. The fourth-order valence-corrected chi connectivity index (χ4v) is 2.16. The number of esters is 1. The molecule has 2 nitrogen and oxygen atoms in total. The van der Waals surface area contributed by atoms with Gasteiger partial charge >= 0.3 is 5.97 Å². The number of carbonyl (C=O) groups excluding carboxylic acids is 1. The zero-order valence-corrected chi connectivity index (χ0v) is 14.3. The van der Waals surface area contributed by atoms with E-state index < -0.39 is 0 Å². The van der Waals surface area contributed by atoms with Crippen molar-refractivity contribution in [2.75, 3.05) is 0 Å². The van der Waals surface area contributed by atoms with Crippen LogP contribution in [-0.4, -0.2) is 5.97 Å². The highest BCUT2D eigenvalue weighted by molar-refractivity contribution is 6.31. The molecule has 0 aliphatic carbocycles. The molecule has 0 saturated heterocycles. The van der Waals surface area contributed by atoms with Crippen molar-refractivity contribution in [3.63, 3.8) is 0 Å². The van der Waals surface area contributed by atoms with E-state index in [4.69, 9.17) is 16.3 Å². The first kappa shape index (κ1) is 20.0. The first-order valence-electron chi connectivity index (χ1n) is 8.13. The highest BCUT2D eigenvalue weighted by Gasteiger charge is 2.00. The normalized spacial score (nSPS) is 10.4. The predicted molar refractivity (Wildman–Crippen MR) is 90.2 cm³/mol. The van der Waals surface area contributed by atoms with E-state index >= 15 is 0 Å². The van der Waals surface area contributed by atoms with E-state index in [1.165, 1.54) is 57.3 Å². The lowest BCUT2D eigenvalue weighted by Crippen LogP contribution is -1.98. The van der Waals surface area contributed by atoms with Crippen molar-refractivity contribution in [2.24, 2.45) is 0 Å². The molecule has 0 aromatic heterocycles. The second-order valence-corrected chi connectivity index (χ2v) is 5.56. The van der Waals surface area contributed by atoms with Crippen LogP contribution in [0.25, 0.3) is 0 Å². The zero-order chi connectivity index (χ0) is 15.8. The first-order valence-corrected chi connectivity index (χ1v) is 8.51. The van der Waals surface area contributed by atoms with Crippen LogP contribution in [0.3, 0.4) is 0 Å². The molecule has 0 aromatic rings. The van der Waals surface area contributed by atoms with E-state index in [2.05, 4.69) is 12.7 Å². The number of unbranched alkanes of at least 4 members (excludes halogenated alkanes) is 8. The minimum Gasteiger partial charge on any atom is -0.434 e. The summed E-state index contributed by atoms with van der Waals surface area (Å²) in [6, 6.07) is 0. The van der Waals surface area contributed by atoms with E-state index in [0.29, 0.717) is 11.5 Å². The standard InChI is InChI=1S/C18H29ClO2/c1-3-5-6-7-8-9-10-11-12-14-18(20)21-16-15-17(19)13-4-2/h4,15-16H,3,5-12,14H2,1-2H3. The SMILES string of the molecule is CC=C=C(Cl)C=COC(=O)CCCCCCCCCCC. The Morgan fingerprint density at radius 1 is 1.05 bits per heavy atom. The maximum absolute atomic E-state index is 11.4. The Labute approximate surface area is 134 Å². The number of rotatable bonds is 12. The molecule has 0 aliphatic rings. The molecule has 0 spiro atoms. The predicted octanol–water partition coefficient (Wildman–Crippen LogP) is 6.26. The second kappa shape index (κ2) is 15.4. The smallest absolute Gasteiger partial charge is 0.310 e. The highest BCUT2D eigenvalue weighted by Crippen LogP contribution is 2.11. The lowest BCUT2D eigenvalue weighted by Gasteiger charge is -2.01. The Bertz CT molecular complexity index is 352. The zero-order valence-electron chi connectivity index (χ0n) is 13.5. The van der Waals surface area contributed by atoms with Gasteiger partial charge in [-0.1, -0.05) is 69.9 Å². The minimum atomic E-state index is -0.195. The molecule has 3 heteroatoms. The van der Waals surface area contributed by atoms with Crippen LogP contribution in [0, 0.1) is 0 Å². The van der Waals surface area contributed by atoms with Crippen molar-refractivity contribution < 1.29 is 9.53 Å². The molecule has 0 aliphatic heterocycles. The van der Waals surface area contributed by atoms with Crippen LogP contribution in [0.4, 0.5) is 0 Å². The molecule has 0 saturated carbocycles.